The predicted octanol–water partition coefficient (Wildman–Crippen LogP) is 2.91. The van der Waals surface area contributed by atoms with Gasteiger partial charge in [-0.15, -0.1) is 5.10 Å². The van der Waals surface area contributed by atoms with Crippen molar-refractivity contribution in [1.82, 2.24) is 36.2 Å². The number of aryl methyl sites for hydroxylation is 1. The molecule has 4 aromatic rings. The zero-order valence-corrected chi connectivity index (χ0v) is 19.1. The molecule has 4 N–H and O–H groups in total. The molecule has 0 atom stereocenters. The number of nitrogens with one attached hydrogen (secondary N) is 2. The molecule has 0 unspecified atom stereocenters. The highest BCUT2D eigenvalue weighted by Crippen LogP contribution is 2.28. The number of benzene rings is 2. The minimum absolute atomic E-state index is 0.0214. The third kappa shape index (κ3) is 4.43. The number of anilines is 1. The van der Waals surface area contributed by atoms with Crippen LogP contribution in [0, 0.1) is 0 Å². The average Bonchev–Trinajstić information content (AvgIpc) is 3.52. The van der Waals surface area contributed by atoms with Crippen molar-refractivity contribution in [2.75, 3.05) is 12.3 Å². The highest BCUT2D eigenvalue weighted by atomic mass is 16.6. The molecule has 2 aromatic heterocycles. The summed E-state index contributed by atoms with van der Waals surface area (Å²) >= 11 is 0. The van der Waals surface area contributed by atoms with Crippen molar-refractivity contribution in [1.29, 1.82) is 0 Å². The number of amides is 1. The van der Waals surface area contributed by atoms with Gasteiger partial charge in [-0.05, 0) is 59.4 Å². The molecule has 1 amide bonds. The van der Waals surface area contributed by atoms with Gasteiger partial charge in [-0.1, -0.05) is 42.5 Å². The first-order valence-corrected chi connectivity index (χ1v) is 11.3. The lowest BCUT2D eigenvalue weighted by Crippen LogP contribution is -2.37. The van der Waals surface area contributed by atoms with Crippen molar-refractivity contribution in [2.24, 2.45) is 0 Å². The summed E-state index contributed by atoms with van der Waals surface area (Å²) in [4.78, 5) is 13.2. The number of allylic oxidation sites excluding steroid dienone is 1. The van der Waals surface area contributed by atoms with E-state index in [1.165, 1.54) is 10.2 Å². The second-order valence-corrected chi connectivity index (χ2v) is 7.94. The first-order chi connectivity index (χ1) is 17.2. The van der Waals surface area contributed by atoms with Gasteiger partial charge in [0.15, 0.2) is 5.69 Å². The number of rotatable bonds is 8. The Morgan fingerprint density at radius 3 is 2.77 bits per heavy atom. The van der Waals surface area contributed by atoms with Crippen molar-refractivity contribution >= 4 is 17.4 Å². The van der Waals surface area contributed by atoms with E-state index in [1.54, 1.807) is 0 Å². The van der Waals surface area contributed by atoms with E-state index in [1.807, 2.05) is 49.4 Å². The topological polar surface area (TPSA) is 146 Å². The fraction of sp³-hybridized carbons (Fsp3) is 0.208. The second kappa shape index (κ2) is 9.67. The molecule has 1 aliphatic rings. The van der Waals surface area contributed by atoms with Crippen LogP contribution in [0.4, 0.5) is 5.82 Å². The molecule has 178 valence electrons. The van der Waals surface area contributed by atoms with E-state index in [0.717, 1.165) is 30.5 Å². The monoisotopic (exact) mass is 472 g/mol. The Balaban J connectivity index is 1.45. The number of nitrogens with zero attached hydrogens (tertiary/aromatic N) is 5. The number of fused-ring (bicyclic) bond motifs is 1. The average molecular weight is 473 g/mol. The molecule has 0 bridgehead atoms. The molecular formula is C24H24N8O3. The van der Waals surface area contributed by atoms with Crippen LogP contribution in [0.15, 0.2) is 59.2 Å². The minimum atomic E-state index is -0.475. The molecule has 0 aliphatic heterocycles. The van der Waals surface area contributed by atoms with Crippen LogP contribution in [-0.4, -0.2) is 37.8 Å². The van der Waals surface area contributed by atoms with E-state index in [-0.39, 0.29) is 17.3 Å². The Morgan fingerprint density at radius 1 is 1.17 bits per heavy atom. The maximum absolute atomic E-state index is 13.2. The van der Waals surface area contributed by atoms with Gasteiger partial charge in [0.1, 0.15) is 11.4 Å². The molecule has 0 radical (unpaired) electrons. The van der Waals surface area contributed by atoms with Crippen LogP contribution in [0.3, 0.4) is 0 Å². The summed E-state index contributed by atoms with van der Waals surface area (Å²) < 4.78 is 11.7. The molecule has 35 heavy (non-hydrogen) atoms. The number of carbonyl (C=O) groups is 1. The molecular weight excluding hydrogens is 448 g/mol. The van der Waals surface area contributed by atoms with Gasteiger partial charge in [0.25, 0.3) is 5.91 Å². The van der Waals surface area contributed by atoms with E-state index < -0.39 is 5.91 Å². The molecule has 11 nitrogen and oxygen atoms in total. The minimum Gasteiger partial charge on any atom is -0.494 e. The Morgan fingerprint density at radius 2 is 2.00 bits per heavy atom. The summed E-state index contributed by atoms with van der Waals surface area (Å²) in [5.74, 6) is 0.396. The number of carbonyl (C=O) groups excluding carboxylic acids is 1. The molecule has 5 rings (SSSR count). The Bertz CT molecular complexity index is 1370. The molecule has 11 heteroatoms. The van der Waals surface area contributed by atoms with Gasteiger partial charge in [0, 0.05) is 11.1 Å². The summed E-state index contributed by atoms with van der Waals surface area (Å²) in [5.41, 5.74) is 15.9. The molecule has 1 aliphatic carbocycles. The maximum Gasteiger partial charge on any atom is 0.292 e. The predicted molar refractivity (Wildman–Crippen MR) is 128 cm³/mol. The smallest absolute Gasteiger partial charge is 0.292 e. The van der Waals surface area contributed by atoms with Crippen molar-refractivity contribution < 1.29 is 14.2 Å². The molecule has 0 saturated heterocycles. The third-order valence-electron chi connectivity index (χ3n) is 5.56. The van der Waals surface area contributed by atoms with Gasteiger partial charge in [-0.3, -0.25) is 15.6 Å². The lowest BCUT2D eigenvalue weighted by atomic mass is 9.95. The van der Waals surface area contributed by atoms with Crippen molar-refractivity contribution in [3.8, 4) is 22.8 Å². The number of nitrogen functional groups attached to an aromatic ring is 1. The van der Waals surface area contributed by atoms with Crippen molar-refractivity contribution in [2.45, 2.75) is 26.2 Å². The van der Waals surface area contributed by atoms with Crippen LogP contribution < -0.4 is 21.3 Å². The number of hydrazine groups is 1. The summed E-state index contributed by atoms with van der Waals surface area (Å²) in [6.07, 6.45) is 4.78. The fourth-order valence-corrected chi connectivity index (χ4v) is 3.89. The van der Waals surface area contributed by atoms with Crippen LogP contribution in [0.25, 0.3) is 22.8 Å². The van der Waals surface area contributed by atoms with Crippen LogP contribution in [0.2, 0.25) is 0 Å². The summed E-state index contributed by atoms with van der Waals surface area (Å²) in [6.45, 7) is 2.65. The Kier molecular flexibility index (Phi) is 6.12. The number of aromatic nitrogens is 5. The quantitative estimate of drug-likeness (QED) is 0.329. The van der Waals surface area contributed by atoms with E-state index in [2.05, 4.69) is 43.6 Å². The lowest BCUT2D eigenvalue weighted by molar-refractivity contribution is 0.0938. The van der Waals surface area contributed by atoms with Crippen LogP contribution in [-0.2, 0) is 6.42 Å². The van der Waals surface area contributed by atoms with E-state index in [4.69, 9.17) is 15.1 Å². The third-order valence-corrected chi connectivity index (χ3v) is 5.56. The first-order valence-electron chi connectivity index (χ1n) is 11.3. The van der Waals surface area contributed by atoms with Crippen LogP contribution >= 0.6 is 0 Å². The summed E-state index contributed by atoms with van der Waals surface area (Å²) in [6, 6.07) is 15.3. The largest absolute Gasteiger partial charge is 0.494 e. The van der Waals surface area contributed by atoms with Gasteiger partial charge < -0.3 is 10.5 Å². The highest BCUT2D eigenvalue weighted by molar-refractivity contribution is 5.98. The van der Waals surface area contributed by atoms with Crippen LogP contribution in [0.5, 0.6) is 5.75 Å². The summed E-state index contributed by atoms with van der Waals surface area (Å²) in [7, 11) is 0. The van der Waals surface area contributed by atoms with Gasteiger partial charge in [0.2, 0.25) is 11.6 Å². The zero-order valence-electron chi connectivity index (χ0n) is 19.1. The van der Waals surface area contributed by atoms with Crippen molar-refractivity contribution in [3.63, 3.8) is 0 Å². The van der Waals surface area contributed by atoms with E-state index in [9.17, 15) is 4.79 Å². The number of hydrogen-bond donors (Lipinski definition) is 3. The van der Waals surface area contributed by atoms with Gasteiger partial charge in [-0.25, -0.2) is 4.63 Å². The number of hydrogen-bond acceptors (Lipinski definition) is 9. The highest BCUT2D eigenvalue weighted by Gasteiger charge is 2.25. The standard InChI is InChI=1S/C24H24N8O3/c1-2-14-34-17-12-10-16(11-13-17)21-20(27-31-32(21)23-22(25)29-35-30-23)24(33)28-26-19-9-5-7-15-6-3-4-8-18(15)19/h3-4,6,8-13,26H,2,5,7,14H2,1H3,(H2,25,29)(H,28,33). The molecule has 2 aromatic carbocycles. The SMILES string of the molecule is CCCOc1ccc(-c2c(C(=O)NNC3=CCCc4ccccc43)nnn2-c2nonc2N)cc1. The fourth-order valence-electron chi connectivity index (χ4n) is 3.89. The lowest BCUT2D eigenvalue weighted by Gasteiger charge is -2.19. The van der Waals surface area contributed by atoms with Crippen LogP contribution in [0.1, 0.15) is 41.4 Å². The first kappa shape index (κ1) is 22.1. The number of ether oxygens (including phenoxy) is 1. The number of nitrogens with two attached hydrogens (primary N) is 1. The Hall–Kier alpha value is -4.67. The molecule has 2 heterocycles. The zero-order chi connectivity index (χ0) is 24.2. The van der Waals surface area contributed by atoms with E-state index in [0.29, 0.717) is 23.6 Å². The molecule has 0 fully saturated rings. The second-order valence-electron chi connectivity index (χ2n) is 7.94. The van der Waals surface area contributed by atoms with Gasteiger partial charge in [0.05, 0.1) is 12.3 Å². The molecule has 0 spiro atoms. The van der Waals surface area contributed by atoms with E-state index >= 15 is 0 Å². The maximum atomic E-state index is 13.2. The van der Waals surface area contributed by atoms with Gasteiger partial charge in [-0.2, -0.15) is 4.68 Å². The molecule has 0 saturated carbocycles. The summed E-state index contributed by atoms with van der Waals surface area (Å²) in [5, 5.41) is 15.7. The normalized spacial score (nSPS) is 12.5. The van der Waals surface area contributed by atoms with Gasteiger partial charge >= 0.3 is 0 Å². The van der Waals surface area contributed by atoms with Crippen molar-refractivity contribution in [3.05, 3.63) is 71.4 Å². The Labute approximate surface area is 200 Å².